The Kier molecular flexibility index (Phi) is 5.21. The summed E-state index contributed by atoms with van der Waals surface area (Å²) in [6.45, 7) is 3.54. The first-order valence-electron chi connectivity index (χ1n) is 10.4. The Hall–Kier alpha value is -3.52. The molecule has 0 bridgehead atoms. The third-order valence-corrected chi connectivity index (χ3v) is 5.71. The lowest BCUT2D eigenvalue weighted by Gasteiger charge is -2.34. The first kappa shape index (κ1) is 19.4. The topological polar surface area (TPSA) is 86.9 Å². The van der Waals surface area contributed by atoms with Crippen LogP contribution in [0.3, 0.4) is 0 Å². The minimum atomic E-state index is -0.0342. The van der Waals surface area contributed by atoms with Crippen LogP contribution in [-0.4, -0.2) is 66.1 Å². The van der Waals surface area contributed by atoms with Crippen LogP contribution in [0.15, 0.2) is 48.5 Å². The molecular formula is C23H24N4O4. The molecule has 0 unspecified atom stereocenters. The van der Waals surface area contributed by atoms with E-state index in [1.54, 1.807) is 0 Å². The van der Waals surface area contributed by atoms with Gasteiger partial charge in [0.1, 0.15) is 5.69 Å². The Morgan fingerprint density at radius 2 is 1.77 bits per heavy atom. The summed E-state index contributed by atoms with van der Waals surface area (Å²) in [6.07, 6.45) is 0. The summed E-state index contributed by atoms with van der Waals surface area (Å²) in [5.41, 5.74) is 2.53. The van der Waals surface area contributed by atoms with Gasteiger partial charge in [0, 0.05) is 43.6 Å². The number of hydrogen-bond donors (Lipinski definition) is 2. The second kappa shape index (κ2) is 8.31. The van der Waals surface area contributed by atoms with E-state index in [0.717, 1.165) is 22.2 Å². The fourth-order valence-electron chi connectivity index (χ4n) is 3.98. The Labute approximate surface area is 179 Å². The highest BCUT2D eigenvalue weighted by Gasteiger charge is 2.24. The smallest absolute Gasteiger partial charge is 0.270 e. The summed E-state index contributed by atoms with van der Waals surface area (Å²) in [5.74, 6) is 1.41. The largest absolute Gasteiger partial charge is 0.454 e. The van der Waals surface area contributed by atoms with Gasteiger partial charge < -0.3 is 24.7 Å². The number of nitrogens with zero attached hydrogens (tertiary/aromatic N) is 2. The van der Waals surface area contributed by atoms with Crippen LogP contribution < -0.4 is 14.8 Å². The minimum absolute atomic E-state index is 0.00288. The minimum Gasteiger partial charge on any atom is -0.454 e. The maximum atomic E-state index is 12.8. The number of H-pyrrole nitrogens is 1. The molecule has 2 aromatic carbocycles. The van der Waals surface area contributed by atoms with Gasteiger partial charge in [0.15, 0.2) is 11.5 Å². The quantitative estimate of drug-likeness (QED) is 0.659. The molecule has 3 heterocycles. The van der Waals surface area contributed by atoms with Gasteiger partial charge in [-0.05, 0) is 29.8 Å². The number of para-hydroxylation sites is 1. The molecule has 31 heavy (non-hydrogen) atoms. The molecule has 2 N–H and O–H groups in total. The highest BCUT2D eigenvalue weighted by molar-refractivity contribution is 5.98. The first-order chi connectivity index (χ1) is 15.2. The van der Waals surface area contributed by atoms with Crippen molar-refractivity contribution >= 4 is 22.7 Å². The van der Waals surface area contributed by atoms with Gasteiger partial charge in [-0.1, -0.05) is 24.3 Å². The van der Waals surface area contributed by atoms with Gasteiger partial charge in [-0.2, -0.15) is 0 Å². The van der Waals surface area contributed by atoms with Crippen LogP contribution in [0.2, 0.25) is 0 Å². The summed E-state index contributed by atoms with van der Waals surface area (Å²) in [4.78, 5) is 32.3. The molecule has 2 amide bonds. The number of aromatic nitrogens is 1. The standard InChI is InChI=1S/C23H24N4O4/c28-22(24-13-16-5-6-20-21(11-16)31-15-30-20)14-26-7-9-27(10-8-26)23(29)19-12-17-3-1-2-4-18(17)25-19/h1-6,11-12,25H,7-10,13-15H2,(H,24,28). The molecule has 0 saturated carbocycles. The molecule has 0 radical (unpaired) electrons. The van der Waals surface area contributed by atoms with Crippen molar-refractivity contribution in [2.24, 2.45) is 0 Å². The van der Waals surface area contributed by atoms with E-state index in [9.17, 15) is 9.59 Å². The van der Waals surface area contributed by atoms with Gasteiger partial charge in [0.05, 0.1) is 6.54 Å². The third-order valence-electron chi connectivity index (χ3n) is 5.71. The fraction of sp³-hybridized carbons (Fsp3) is 0.304. The second-order valence-corrected chi connectivity index (χ2v) is 7.80. The summed E-state index contributed by atoms with van der Waals surface area (Å²) >= 11 is 0. The summed E-state index contributed by atoms with van der Waals surface area (Å²) in [6, 6.07) is 15.4. The molecule has 1 aromatic heterocycles. The fourth-order valence-corrected chi connectivity index (χ4v) is 3.98. The molecule has 1 fully saturated rings. The Balaban J connectivity index is 1.09. The zero-order chi connectivity index (χ0) is 21.2. The molecule has 2 aliphatic heterocycles. The number of hydrogen-bond acceptors (Lipinski definition) is 5. The van der Waals surface area contributed by atoms with Gasteiger partial charge in [-0.25, -0.2) is 0 Å². The summed E-state index contributed by atoms with van der Waals surface area (Å²) < 4.78 is 10.7. The van der Waals surface area contributed by atoms with Gasteiger partial charge >= 0.3 is 0 Å². The average Bonchev–Trinajstić information content (AvgIpc) is 3.44. The Morgan fingerprint density at radius 1 is 0.968 bits per heavy atom. The summed E-state index contributed by atoms with van der Waals surface area (Å²) in [5, 5.41) is 3.98. The van der Waals surface area contributed by atoms with Crippen LogP contribution in [0.4, 0.5) is 0 Å². The third kappa shape index (κ3) is 4.20. The maximum Gasteiger partial charge on any atom is 0.270 e. The van der Waals surface area contributed by atoms with E-state index in [-0.39, 0.29) is 18.6 Å². The number of nitrogens with one attached hydrogen (secondary N) is 2. The zero-order valence-electron chi connectivity index (χ0n) is 17.1. The van der Waals surface area contributed by atoms with Crippen molar-refractivity contribution in [2.75, 3.05) is 39.5 Å². The molecule has 160 valence electrons. The van der Waals surface area contributed by atoms with Crippen molar-refractivity contribution in [1.82, 2.24) is 20.1 Å². The van der Waals surface area contributed by atoms with Crippen LogP contribution in [0, 0.1) is 0 Å². The molecule has 8 nitrogen and oxygen atoms in total. The second-order valence-electron chi connectivity index (χ2n) is 7.80. The number of ether oxygens (including phenoxy) is 2. The van der Waals surface area contributed by atoms with E-state index in [1.807, 2.05) is 53.4 Å². The number of piperazine rings is 1. The maximum absolute atomic E-state index is 12.8. The zero-order valence-corrected chi connectivity index (χ0v) is 17.1. The predicted octanol–water partition coefficient (Wildman–Crippen LogP) is 1.97. The van der Waals surface area contributed by atoms with Crippen LogP contribution in [0.1, 0.15) is 16.1 Å². The van der Waals surface area contributed by atoms with Crippen molar-refractivity contribution in [1.29, 1.82) is 0 Å². The molecular weight excluding hydrogens is 396 g/mol. The normalized spacial score (nSPS) is 15.9. The van der Waals surface area contributed by atoms with Crippen LogP contribution in [-0.2, 0) is 11.3 Å². The Bertz CT molecular complexity index is 1080. The van der Waals surface area contributed by atoms with Gasteiger partial charge in [0.2, 0.25) is 12.7 Å². The molecule has 2 aliphatic rings. The molecule has 0 spiro atoms. The number of carbonyl (C=O) groups is 2. The molecule has 0 aliphatic carbocycles. The van der Waals surface area contributed by atoms with Gasteiger partial charge in [-0.3, -0.25) is 14.5 Å². The van der Waals surface area contributed by atoms with Gasteiger partial charge in [-0.15, -0.1) is 0 Å². The van der Waals surface area contributed by atoms with E-state index in [4.69, 9.17) is 9.47 Å². The van der Waals surface area contributed by atoms with Crippen molar-refractivity contribution in [3.8, 4) is 11.5 Å². The summed E-state index contributed by atoms with van der Waals surface area (Å²) in [7, 11) is 0. The highest BCUT2D eigenvalue weighted by atomic mass is 16.7. The van der Waals surface area contributed by atoms with E-state index < -0.39 is 0 Å². The number of rotatable bonds is 5. The lowest BCUT2D eigenvalue weighted by molar-refractivity contribution is -0.122. The highest BCUT2D eigenvalue weighted by Crippen LogP contribution is 2.32. The number of benzene rings is 2. The number of fused-ring (bicyclic) bond motifs is 2. The number of amides is 2. The Morgan fingerprint density at radius 3 is 2.61 bits per heavy atom. The van der Waals surface area contributed by atoms with Crippen molar-refractivity contribution < 1.29 is 19.1 Å². The van der Waals surface area contributed by atoms with Crippen molar-refractivity contribution in [3.05, 3.63) is 59.8 Å². The molecule has 5 rings (SSSR count). The van der Waals surface area contributed by atoms with Crippen molar-refractivity contribution in [3.63, 3.8) is 0 Å². The van der Waals surface area contributed by atoms with E-state index >= 15 is 0 Å². The van der Waals surface area contributed by atoms with Gasteiger partial charge in [0.25, 0.3) is 5.91 Å². The van der Waals surface area contributed by atoms with Crippen LogP contribution in [0.25, 0.3) is 10.9 Å². The predicted molar refractivity (Wildman–Crippen MR) is 115 cm³/mol. The monoisotopic (exact) mass is 420 g/mol. The lowest BCUT2D eigenvalue weighted by atomic mass is 10.2. The van der Waals surface area contributed by atoms with Crippen LogP contribution >= 0.6 is 0 Å². The lowest BCUT2D eigenvalue weighted by Crippen LogP contribution is -2.51. The molecule has 1 saturated heterocycles. The molecule has 8 heteroatoms. The molecule has 3 aromatic rings. The van der Waals surface area contributed by atoms with Crippen LogP contribution in [0.5, 0.6) is 11.5 Å². The van der Waals surface area contributed by atoms with E-state index in [1.165, 1.54) is 0 Å². The number of carbonyl (C=O) groups excluding carboxylic acids is 2. The van der Waals surface area contributed by atoms with Crippen molar-refractivity contribution in [2.45, 2.75) is 6.54 Å². The first-order valence-corrected chi connectivity index (χ1v) is 10.4. The number of aromatic amines is 1. The van der Waals surface area contributed by atoms with E-state index in [0.29, 0.717) is 50.7 Å². The van der Waals surface area contributed by atoms with E-state index in [2.05, 4.69) is 15.2 Å². The average molecular weight is 420 g/mol. The molecule has 0 atom stereocenters. The SMILES string of the molecule is O=C(CN1CCN(C(=O)c2cc3ccccc3[nH]2)CC1)NCc1ccc2c(c1)OCO2.